The van der Waals surface area contributed by atoms with Crippen molar-refractivity contribution in [3.8, 4) is 0 Å². The number of amides is 1. The molecule has 3 aliphatic rings. The Labute approximate surface area is 184 Å². The van der Waals surface area contributed by atoms with Crippen LogP contribution < -0.4 is 15.8 Å². The summed E-state index contributed by atoms with van der Waals surface area (Å²) >= 11 is 0. The monoisotopic (exact) mass is 420 g/mol. The number of nitrogens with one attached hydrogen (secondary N) is 2. The zero-order chi connectivity index (χ0) is 21.2. The molecular formula is C24H32N6O. The van der Waals surface area contributed by atoms with Crippen LogP contribution in [0.3, 0.4) is 0 Å². The standard InChI is InChI=1S/C24H32N6O/c1-25-28-22-7-3-6-20(27-22)5-2-4-18-14-21-16-29(12-13-30(21)24(18)31)23-11-10-19(15-26-23)17-8-9-17/h3,6-7,10-11,15,17-18,21,25H,2,4-5,8-9,12-14,16H2,1H3,(H,27,28)/t18-,21-/m0/s1. The first-order valence-corrected chi connectivity index (χ1v) is 11.6. The van der Waals surface area contributed by atoms with E-state index in [-0.39, 0.29) is 5.92 Å². The fraction of sp³-hybridized carbons (Fsp3) is 0.542. The lowest BCUT2D eigenvalue weighted by Gasteiger charge is -2.38. The average molecular weight is 421 g/mol. The molecule has 2 aromatic rings. The Morgan fingerprint density at radius 2 is 2.06 bits per heavy atom. The first-order valence-electron chi connectivity index (χ1n) is 11.6. The second-order valence-electron chi connectivity index (χ2n) is 9.07. The zero-order valence-corrected chi connectivity index (χ0v) is 18.3. The molecule has 0 unspecified atom stereocenters. The van der Waals surface area contributed by atoms with Crippen molar-refractivity contribution in [2.75, 3.05) is 37.0 Å². The molecule has 2 saturated heterocycles. The number of fused-ring (bicyclic) bond motifs is 1. The first-order chi connectivity index (χ1) is 15.2. The quantitative estimate of drug-likeness (QED) is 0.640. The fourth-order valence-electron chi connectivity index (χ4n) is 5.05. The van der Waals surface area contributed by atoms with E-state index in [1.54, 1.807) is 0 Å². The molecule has 4 heterocycles. The molecule has 1 amide bonds. The molecule has 2 aromatic heterocycles. The summed E-state index contributed by atoms with van der Waals surface area (Å²) in [6.07, 6.45) is 8.45. The van der Waals surface area contributed by atoms with Crippen LogP contribution in [-0.4, -0.2) is 53.5 Å². The van der Waals surface area contributed by atoms with Gasteiger partial charge in [-0.15, -0.1) is 0 Å². The van der Waals surface area contributed by atoms with E-state index in [1.807, 2.05) is 19.2 Å². The number of pyridine rings is 2. The maximum Gasteiger partial charge on any atom is 0.226 e. The first kappa shape index (κ1) is 20.2. The number of carbonyl (C=O) groups is 1. The number of rotatable bonds is 8. The summed E-state index contributed by atoms with van der Waals surface area (Å²) in [5.41, 5.74) is 8.36. The van der Waals surface area contributed by atoms with Crippen molar-refractivity contribution < 1.29 is 4.79 Å². The maximum atomic E-state index is 12.9. The van der Waals surface area contributed by atoms with E-state index in [0.717, 1.165) is 68.6 Å². The van der Waals surface area contributed by atoms with E-state index in [2.05, 4.69) is 50.0 Å². The molecule has 31 heavy (non-hydrogen) atoms. The highest BCUT2D eigenvalue weighted by Crippen LogP contribution is 2.40. The Kier molecular flexibility index (Phi) is 5.76. The van der Waals surface area contributed by atoms with Gasteiger partial charge in [0.25, 0.3) is 0 Å². The van der Waals surface area contributed by atoms with Gasteiger partial charge in [-0.05, 0) is 68.2 Å². The van der Waals surface area contributed by atoms with Crippen molar-refractivity contribution in [1.29, 1.82) is 0 Å². The van der Waals surface area contributed by atoms with Crippen LogP contribution in [0.2, 0.25) is 0 Å². The van der Waals surface area contributed by atoms with E-state index >= 15 is 0 Å². The topological polar surface area (TPSA) is 73.4 Å². The number of carbonyl (C=O) groups excluding carboxylic acids is 1. The normalized spacial score (nSPS) is 23.2. The molecule has 1 saturated carbocycles. The highest BCUT2D eigenvalue weighted by molar-refractivity contribution is 5.82. The molecule has 7 nitrogen and oxygen atoms in total. The Morgan fingerprint density at radius 3 is 2.84 bits per heavy atom. The van der Waals surface area contributed by atoms with Crippen LogP contribution in [0.15, 0.2) is 36.5 Å². The lowest BCUT2D eigenvalue weighted by atomic mass is 9.97. The third-order valence-corrected chi connectivity index (χ3v) is 6.86. The van der Waals surface area contributed by atoms with Crippen LogP contribution in [-0.2, 0) is 11.2 Å². The molecule has 3 fully saturated rings. The van der Waals surface area contributed by atoms with Gasteiger partial charge in [-0.25, -0.2) is 15.4 Å². The average Bonchev–Trinajstić information content (AvgIpc) is 3.60. The van der Waals surface area contributed by atoms with Gasteiger partial charge in [0.15, 0.2) is 0 Å². The van der Waals surface area contributed by atoms with Gasteiger partial charge in [0.05, 0.1) is 6.04 Å². The number of piperazine rings is 1. The molecule has 2 N–H and O–H groups in total. The number of hydrogen-bond acceptors (Lipinski definition) is 6. The minimum absolute atomic E-state index is 0.147. The minimum atomic E-state index is 0.147. The van der Waals surface area contributed by atoms with Gasteiger partial charge in [0.2, 0.25) is 5.91 Å². The summed E-state index contributed by atoms with van der Waals surface area (Å²) in [6.45, 7) is 2.59. The Bertz CT molecular complexity index is 913. The van der Waals surface area contributed by atoms with E-state index in [0.29, 0.717) is 11.9 Å². The maximum absolute atomic E-state index is 12.9. The smallest absolute Gasteiger partial charge is 0.226 e. The number of hydrazine groups is 1. The van der Waals surface area contributed by atoms with Gasteiger partial charge in [-0.3, -0.25) is 4.79 Å². The van der Waals surface area contributed by atoms with Crippen LogP contribution >= 0.6 is 0 Å². The lowest BCUT2D eigenvalue weighted by molar-refractivity contribution is -0.132. The summed E-state index contributed by atoms with van der Waals surface area (Å²) in [7, 11) is 1.83. The van der Waals surface area contributed by atoms with Gasteiger partial charge in [-0.2, -0.15) is 0 Å². The largest absolute Gasteiger partial charge is 0.353 e. The summed E-state index contributed by atoms with van der Waals surface area (Å²) in [5, 5.41) is 0. The molecule has 7 heteroatoms. The summed E-state index contributed by atoms with van der Waals surface area (Å²) in [4.78, 5) is 26.8. The van der Waals surface area contributed by atoms with Crippen molar-refractivity contribution in [1.82, 2.24) is 20.3 Å². The highest BCUT2D eigenvalue weighted by atomic mass is 16.2. The predicted molar refractivity (Wildman–Crippen MR) is 122 cm³/mol. The number of hydrogen-bond donors (Lipinski definition) is 2. The lowest BCUT2D eigenvalue weighted by Crippen LogP contribution is -2.51. The summed E-state index contributed by atoms with van der Waals surface area (Å²) < 4.78 is 0. The molecule has 1 aliphatic carbocycles. The molecule has 0 bridgehead atoms. The van der Waals surface area contributed by atoms with Gasteiger partial charge in [0.1, 0.15) is 11.6 Å². The van der Waals surface area contributed by atoms with E-state index in [9.17, 15) is 4.79 Å². The van der Waals surface area contributed by atoms with E-state index < -0.39 is 0 Å². The molecule has 0 radical (unpaired) electrons. The predicted octanol–water partition coefficient (Wildman–Crippen LogP) is 2.96. The third kappa shape index (κ3) is 4.51. The number of aromatic nitrogens is 2. The molecule has 0 spiro atoms. The van der Waals surface area contributed by atoms with Crippen molar-refractivity contribution in [3.63, 3.8) is 0 Å². The van der Waals surface area contributed by atoms with Crippen molar-refractivity contribution in [2.45, 2.75) is 50.5 Å². The fourth-order valence-corrected chi connectivity index (χ4v) is 5.05. The molecule has 2 aliphatic heterocycles. The SMILES string of the molecule is CNNc1cccc(CCC[C@H]2C[C@H]3CN(c4ccc(C5CC5)cn4)CCN3C2=O)n1. The molecule has 164 valence electrons. The Balaban J connectivity index is 1.14. The second kappa shape index (κ2) is 8.83. The van der Waals surface area contributed by atoms with Gasteiger partial charge < -0.3 is 15.2 Å². The summed E-state index contributed by atoms with van der Waals surface area (Å²) in [5.74, 6) is 3.12. The minimum Gasteiger partial charge on any atom is -0.353 e. The number of nitrogens with zero attached hydrogens (tertiary/aromatic N) is 4. The van der Waals surface area contributed by atoms with Crippen LogP contribution in [0.1, 0.15) is 49.3 Å². The highest BCUT2D eigenvalue weighted by Gasteiger charge is 2.42. The van der Waals surface area contributed by atoms with E-state index in [1.165, 1.54) is 18.4 Å². The van der Waals surface area contributed by atoms with Gasteiger partial charge in [0, 0.05) is 44.5 Å². The van der Waals surface area contributed by atoms with Gasteiger partial charge >= 0.3 is 0 Å². The number of anilines is 2. The van der Waals surface area contributed by atoms with Crippen molar-refractivity contribution in [2.24, 2.45) is 5.92 Å². The van der Waals surface area contributed by atoms with Gasteiger partial charge in [-0.1, -0.05) is 12.1 Å². The molecular weight excluding hydrogens is 388 g/mol. The van der Waals surface area contributed by atoms with Crippen LogP contribution in [0, 0.1) is 5.92 Å². The van der Waals surface area contributed by atoms with Crippen LogP contribution in [0.4, 0.5) is 11.6 Å². The van der Waals surface area contributed by atoms with Crippen LogP contribution in [0.25, 0.3) is 0 Å². The second-order valence-corrected chi connectivity index (χ2v) is 9.07. The van der Waals surface area contributed by atoms with E-state index in [4.69, 9.17) is 4.98 Å². The molecule has 5 rings (SSSR count). The van der Waals surface area contributed by atoms with Crippen LogP contribution in [0.5, 0.6) is 0 Å². The Hall–Kier alpha value is -2.67. The Morgan fingerprint density at radius 1 is 1.16 bits per heavy atom. The van der Waals surface area contributed by atoms with Crippen molar-refractivity contribution >= 4 is 17.5 Å². The molecule has 0 aromatic carbocycles. The number of aryl methyl sites for hydroxylation is 1. The molecule has 2 atom stereocenters. The summed E-state index contributed by atoms with van der Waals surface area (Å²) in [6, 6.07) is 10.7. The van der Waals surface area contributed by atoms with Crippen molar-refractivity contribution in [3.05, 3.63) is 47.8 Å². The third-order valence-electron chi connectivity index (χ3n) is 6.86. The zero-order valence-electron chi connectivity index (χ0n) is 18.3.